The molecule has 0 aromatic carbocycles. The van der Waals surface area contributed by atoms with Crippen molar-refractivity contribution < 1.29 is 4.79 Å². The fourth-order valence-corrected chi connectivity index (χ4v) is 5.28. The number of hydrogen-bond acceptors (Lipinski definition) is 5. The van der Waals surface area contributed by atoms with E-state index >= 15 is 0 Å². The van der Waals surface area contributed by atoms with Gasteiger partial charge in [0.25, 0.3) is 0 Å². The van der Waals surface area contributed by atoms with Crippen LogP contribution in [0.2, 0.25) is 0 Å². The van der Waals surface area contributed by atoms with Gasteiger partial charge in [-0.2, -0.15) is 0 Å². The number of amides is 1. The van der Waals surface area contributed by atoms with Crippen LogP contribution in [0.3, 0.4) is 0 Å². The molecule has 4 rings (SSSR count). The van der Waals surface area contributed by atoms with Crippen LogP contribution in [0.5, 0.6) is 0 Å². The second-order valence-electron chi connectivity index (χ2n) is 7.60. The molecule has 1 fully saturated rings. The fourth-order valence-electron chi connectivity index (χ4n) is 4.02. The van der Waals surface area contributed by atoms with Gasteiger partial charge >= 0.3 is 0 Å². The summed E-state index contributed by atoms with van der Waals surface area (Å²) in [5, 5.41) is 1.30. The molecule has 1 saturated heterocycles. The Kier molecular flexibility index (Phi) is 4.86. The molecule has 1 amide bonds. The quantitative estimate of drug-likeness (QED) is 0.823. The summed E-state index contributed by atoms with van der Waals surface area (Å²) in [6.45, 7) is 9.36. The van der Waals surface area contributed by atoms with Crippen molar-refractivity contribution in [2.24, 2.45) is 0 Å². The highest BCUT2D eigenvalue weighted by Crippen LogP contribution is 2.40. The van der Waals surface area contributed by atoms with Crippen LogP contribution in [-0.4, -0.2) is 47.0 Å². The van der Waals surface area contributed by atoms with Gasteiger partial charge in [-0.3, -0.25) is 4.79 Å². The minimum absolute atomic E-state index is 0.172. The average Bonchev–Trinajstić information content (AvgIpc) is 3.05. The van der Waals surface area contributed by atoms with E-state index in [1.807, 2.05) is 16.2 Å². The Balaban J connectivity index is 1.78. The van der Waals surface area contributed by atoms with Crippen molar-refractivity contribution in [3.8, 4) is 0 Å². The lowest BCUT2D eigenvalue weighted by Gasteiger charge is -2.35. The van der Waals surface area contributed by atoms with Gasteiger partial charge < -0.3 is 9.80 Å². The standard InChI is InChI=1S/C20H28N4OS/c1-4-13(2)18-21-19(24-11-9-23(10-12-24)14(3)25)17-15-7-5-6-8-16(15)26-20(17)22-18/h13H,4-12H2,1-3H3/t13-/m0/s1. The highest BCUT2D eigenvalue weighted by molar-refractivity contribution is 7.19. The first-order valence-corrected chi connectivity index (χ1v) is 10.7. The van der Waals surface area contributed by atoms with Crippen LogP contribution < -0.4 is 4.90 Å². The van der Waals surface area contributed by atoms with Crippen molar-refractivity contribution in [1.82, 2.24) is 14.9 Å². The summed E-state index contributed by atoms with van der Waals surface area (Å²) in [6.07, 6.45) is 5.95. The van der Waals surface area contributed by atoms with Crippen LogP contribution >= 0.6 is 11.3 Å². The first kappa shape index (κ1) is 17.7. The van der Waals surface area contributed by atoms with Crippen molar-refractivity contribution in [3.63, 3.8) is 0 Å². The van der Waals surface area contributed by atoms with Crippen LogP contribution in [0, 0.1) is 0 Å². The zero-order valence-electron chi connectivity index (χ0n) is 16.0. The monoisotopic (exact) mass is 372 g/mol. The molecule has 5 nitrogen and oxygen atoms in total. The smallest absolute Gasteiger partial charge is 0.219 e. The number of aromatic nitrogens is 2. The number of piperazine rings is 1. The third-order valence-corrected chi connectivity index (χ3v) is 7.08. The number of nitrogens with zero attached hydrogens (tertiary/aromatic N) is 4. The van der Waals surface area contributed by atoms with E-state index in [2.05, 4.69) is 18.7 Å². The van der Waals surface area contributed by atoms with E-state index in [4.69, 9.17) is 9.97 Å². The van der Waals surface area contributed by atoms with E-state index in [1.165, 1.54) is 39.9 Å². The van der Waals surface area contributed by atoms with Gasteiger partial charge in [0, 0.05) is 43.9 Å². The van der Waals surface area contributed by atoms with Crippen molar-refractivity contribution in [1.29, 1.82) is 0 Å². The topological polar surface area (TPSA) is 49.3 Å². The maximum Gasteiger partial charge on any atom is 0.219 e. The molecule has 0 unspecified atom stereocenters. The molecule has 0 radical (unpaired) electrons. The van der Waals surface area contributed by atoms with Crippen LogP contribution in [0.1, 0.15) is 62.2 Å². The second-order valence-corrected chi connectivity index (χ2v) is 8.68. The van der Waals surface area contributed by atoms with Gasteiger partial charge in [-0.15, -0.1) is 11.3 Å². The minimum Gasteiger partial charge on any atom is -0.352 e. The number of thiophene rings is 1. The SMILES string of the molecule is CC[C@H](C)c1nc(N2CCN(C(C)=O)CC2)c2c3c(sc2n1)CCCC3. The van der Waals surface area contributed by atoms with E-state index < -0.39 is 0 Å². The molecule has 2 aromatic rings. The number of aryl methyl sites for hydroxylation is 2. The van der Waals surface area contributed by atoms with E-state index in [0.29, 0.717) is 5.92 Å². The van der Waals surface area contributed by atoms with Gasteiger partial charge in [-0.25, -0.2) is 9.97 Å². The van der Waals surface area contributed by atoms with Crippen LogP contribution in [0.15, 0.2) is 0 Å². The normalized spacial score (nSPS) is 18.9. The molecule has 1 aliphatic heterocycles. The number of carbonyl (C=O) groups excluding carboxylic acids is 1. The molecule has 26 heavy (non-hydrogen) atoms. The Morgan fingerprint density at radius 1 is 1.15 bits per heavy atom. The molecule has 0 bridgehead atoms. The molecular formula is C20H28N4OS. The molecule has 0 saturated carbocycles. The zero-order chi connectivity index (χ0) is 18.3. The lowest BCUT2D eigenvalue weighted by Crippen LogP contribution is -2.48. The molecular weight excluding hydrogens is 344 g/mol. The Morgan fingerprint density at radius 3 is 2.58 bits per heavy atom. The largest absolute Gasteiger partial charge is 0.352 e. The predicted octanol–water partition coefficient (Wildman–Crippen LogP) is 3.75. The van der Waals surface area contributed by atoms with E-state index in [9.17, 15) is 4.79 Å². The summed E-state index contributed by atoms with van der Waals surface area (Å²) in [5.41, 5.74) is 1.50. The summed E-state index contributed by atoms with van der Waals surface area (Å²) in [4.78, 5) is 28.7. The number of hydrogen-bond donors (Lipinski definition) is 0. The Morgan fingerprint density at radius 2 is 1.88 bits per heavy atom. The maximum atomic E-state index is 11.7. The summed E-state index contributed by atoms with van der Waals surface area (Å²) >= 11 is 1.88. The van der Waals surface area contributed by atoms with Crippen LogP contribution in [0.25, 0.3) is 10.2 Å². The molecule has 3 heterocycles. The molecule has 1 aliphatic carbocycles. The molecule has 0 N–H and O–H groups in total. The average molecular weight is 373 g/mol. The van der Waals surface area contributed by atoms with Crippen LogP contribution in [0.4, 0.5) is 5.82 Å². The second kappa shape index (κ2) is 7.14. The number of carbonyl (C=O) groups is 1. The van der Waals surface area contributed by atoms with Crippen molar-refractivity contribution in [2.75, 3.05) is 31.1 Å². The summed E-state index contributed by atoms with van der Waals surface area (Å²) in [7, 11) is 0. The van der Waals surface area contributed by atoms with E-state index in [1.54, 1.807) is 6.92 Å². The molecule has 6 heteroatoms. The first-order valence-electron chi connectivity index (χ1n) is 9.91. The Labute approximate surface area is 159 Å². The summed E-state index contributed by atoms with van der Waals surface area (Å²) < 4.78 is 0. The molecule has 1 atom stereocenters. The highest BCUT2D eigenvalue weighted by atomic mass is 32.1. The number of anilines is 1. The van der Waals surface area contributed by atoms with Gasteiger partial charge in [-0.1, -0.05) is 13.8 Å². The van der Waals surface area contributed by atoms with E-state index in [0.717, 1.165) is 50.7 Å². The Bertz CT molecular complexity index is 823. The Hall–Kier alpha value is -1.69. The molecule has 2 aliphatic rings. The van der Waals surface area contributed by atoms with Gasteiger partial charge in [0.05, 0.1) is 5.39 Å². The van der Waals surface area contributed by atoms with Gasteiger partial charge in [0.2, 0.25) is 5.91 Å². The van der Waals surface area contributed by atoms with Crippen molar-refractivity contribution in [3.05, 3.63) is 16.3 Å². The van der Waals surface area contributed by atoms with Crippen molar-refractivity contribution >= 4 is 33.3 Å². The number of rotatable bonds is 3. The maximum absolute atomic E-state index is 11.7. The van der Waals surface area contributed by atoms with Crippen molar-refractivity contribution in [2.45, 2.75) is 58.8 Å². The van der Waals surface area contributed by atoms with Gasteiger partial charge in [0.1, 0.15) is 16.5 Å². The zero-order valence-corrected chi connectivity index (χ0v) is 16.9. The minimum atomic E-state index is 0.172. The molecule has 2 aromatic heterocycles. The van der Waals surface area contributed by atoms with Gasteiger partial charge in [-0.05, 0) is 37.7 Å². The summed E-state index contributed by atoms with van der Waals surface area (Å²) in [6, 6.07) is 0. The summed E-state index contributed by atoms with van der Waals surface area (Å²) in [5.74, 6) is 2.64. The molecule has 140 valence electrons. The highest BCUT2D eigenvalue weighted by Gasteiger charge is 2.27. The third kappa shape index (κ3) is 3.08. The lowest BCUT2D eigenvalue weighted by molar-refractivity contribution is -0.129. The van der Waals surface area contributed by atoms with E-state index in [-0.39, 0.29) is 5.91 Å². The van der Waals surface area contributed by atoms with Gasteiger partial charge in [0.15, 0.2) is 0 Å². The predicted molar refractivity (Wildman–Crippen MR) is 107 cm³/mol. The lowest BCUT2D eigenvalue weighted by atomic mass is 9.96. The van der Waals surface area contributed by atoms with Crippen LogP contribution in [-0.2, 0) is 17.6 Å². The first-order chi connectivity index (χ1) is 12.6. The molecule has 0 spiro atoms. The third-order valence-electron chi connectivity index (χ3n) is 5.89. The number of fused-ring (bicyclic) bond motifs is 3. The fraction of sp³-hybridized carbons (Fsp3) is 0.650.